The summed E-state index contributed by atoms with van der Waals surface area (Å²) in [5, 5.41) is 0. The van der Waals surface area contributed by atoms with Gasteiger partial charge in [0.15, 0.2) is 5.58 Å². The molecule has 1 N–H and O–H groups in total. The van der Waals surface area contributed by atoms with Crippen molar-refractivity contribution in [1.29, 1.82) is 0 Å². The van der Waals surface area contributed by atoms with Crippen LogP contribution in [0.4, 0.5) is 5.69 Å². The number of hydrogen-bond acceptors (Lipinski definition) is 4. The third kappa shape index (κ3) is 2.63. The van der Waals surface area contributed by atoms with Crippen molar-refractivity contribution in [2.75, 3.05) is 18.0 Å². The lowest BCUT2D eigenvalue weighted by Crippen LogP contribution is -2.26. The second-order valence-corrected chi connectivity index (χ2v) is 7.42. The van der Waals surface area contributed by atoms with E-state index >= 15 is 0 Å². The second-order valence-electron chi connectivity index (χ2n) is 7.42. The molecular weight excluding hydrogens is 342 g/mol. The largest absolute Gasteiger partial charge is 0.417 e. The molecule has 1 fully saturated rings. The van der Waals surface area contributed by atoms with Crippen molar-refractivity contribution in [3.05, 3.63) is 63.6 Å². The van der Waals surface area contributed by atoms with E-state index in [4.69, 9.17) is 4.42 Å². The summed E-state index contributed by atoms with van der Waals surface area (Å²) >= 11 is 0. The van der Waals surface area contributed by atoms with Crippen LogP contribution in [0.15, 0.2) is 45.6 Å². The highest BCUT2D eigenvalue weighted by atomic mass is 16.4. The average Bonchev–Trinajstić information content (AvgIpc) is 3.37. The lowest BCUT2D eigenvalue weighted by Gasteiger charge is -2.23. The molecule has 1 saturated heterocycles. The lowest BCUT2D eigenvalue weighted by atomic mass is 10.0. The van der Waals surface area contributed by atoms with Gasteiger partial charge >= 0.3 is 5.76 Å². The van der Waals surface area contributed by atoms with Gasteiger partial charge in [-0.15, -0.1) is 0 Å². The lowest BCUT2D eigenvalue weighted by molar-refractivity contribution is 0.0723. The van der Waals surface area contributed by atoms with E-state index in [-0.39, 0.29) is 11.9 Å². The molecule has 3 aromatic rings. The van der Waals surface area contributed by atoms with Gasteiger partial charge in [0, 0.05) is 30.9 Å². The number of nitrogens with zero attached hydrogens (tertiary/aromatic N) is 2. The van der Waals surface area contributed by atoms with Crippen LogP contribution in [0.2, 0.25) is 0 Å². The third-order valence-electron chi connectivity index (χ3n) is 5.75. The van der Waals surface area contributed by atoms with E-state index in [1.54, 1.807) is 0 Å². The third-order valence-corrected chi connectivity index (χ3v) is 5.75. The minimum Gasteiger partial charge on any atom is -0.408 e. The molecule has 0 aliphatic carbocycles. The minimum absolute atomic E-state index is 0.0176. The number of aromatic amines is 1. The molecule has 0 radical (unpaired) electrons. The Hall–Kier alpha value is -3.02. The van der Waals surface area contributed by atoms with E-state index in [1.807, 2.05) is 29.2 Å². The normalized spacial score (nSPS) is 19.3. The molecule has 1 aromatic heterocycles. The molecule has 138 valence electrons. The zero-order valence-corrected chi connectivity index (χ0v) is 15.2. The molecule has 2 aliphatic rings. The first-order valence-corrected chi connectivity index (χ1v) is 9.42. The van der Waals surface area contributed by atoms with Crippen LogP contribution in [0.5, 0.6) is 0 Å². The van der Waals surface area contributed by atoms with Crippen molar-refractivity contribution in [2.45, 2.75) is 32.4 Å². The number of aromatic nitrogens is 1. The van der Waals surface area contributed by atoms with E-state index in [0.717, 1.165) is 29.8 Å². The van der Waals surface area contributed by atoms with Crippen molar-refractivity contribution >= 4 is 22.7 Å². The van der Waals surface area contributed by atoms with Crippen molar-refractivity contribution < 1.29 is 9.21 Å². The Kier molecular flexibility index (Phi) is 3.60. The number of fused-ring (bicyclic) bond motifs is 2. The molecule has 1 unspecified atom stereocenters. The van der Waals surface area contributed by atoms with Crippen LogP contribution in [-0.2, 0) is 6.54 Å². The van der Waals surface area contributed by atoms with Crippen LogP contribution in [0, 0.1) is 0 Å². The van der Waals surface area contributed by atoms with Gasteiger partial charge in [-0.3, -0.25) is 9.78 Å². The maximum Gasteiger partial charge on any atom is 0.417 e. The van der Waals surface area contributed by atoms with E-state index < -0.39 is 5.76 Å². The van der Waals surface area contributed by atoms with Crippen LogP contribution < -0.4 is 10.7 Å². The smallest absolute Gasteiger partial charge is 0.408 e. The number of anilines is 1. The van der Waals surface area contributed by atoms with Crippen molar-refractivity contribution in [2.24, 2.45) is 0 Å². The number of hydrogen-bond donors (Lipinski definition) is 1. The maximum atomic E-state index is 12.9. The summed E-state index contributed by atoms with van der Waals surface area (Å²) in [6.45, 7) is 4.74. The Balaban J connectivity index is 1.44. The highest BCUT2D eigenvalue weighted by Crippen LogP contribution is 2.37. The summed E-state index contributed by atoms with van der Waals surface area (Å²) < 4.78 is 5.14. The average molecular weight is 363 g/mol. The Labute approximate surface area is 156 Å². The van der Waals surface area contributed by atoms with Crippen LogP contribution in [0.1, 0.15) is 47.3 Å². The number of amides is 1. The van der Waals surface area contributed by atoms with Crippen LogP contribution in [0.25, 0.3) is 11.1 Å². The number of nitrogens with one attached hydrogen (secondary N) is 1. The second kappa shape index (κ2) is 6.01. The summed E-state index contributed by atoms with van der Waals surface area (Å²) in [6.07, 6.45) is 2.46. The van der Waals surface area contributed by atoms with E-state index in [9.17, 15) is 9.59 Å². The molecule has 2 aliphatic heterocycles. The van der Waals surface area contributed by atoms with Gasteiger partial charge in [-0.05, 0) is 61.2 Å². The monoisotopic (exact) mass is 363 g/mol. The molecule has 2 aromatic carbocycles. The number of rotatable bonds is 3. The van der Waals surface area contributed by atoms with Crippen LogP contribution in [-0.4, -0.2) is 28.9 Å². The molecule has 6 nitrogen and oxygen atoms in total. The summed E-state index contributed by atoms with van der Waals surface area (Å²) in [6, 6.07) is 11.8. The molecule has 5 rings (SSSR count). The van der Waals surface area contributed by atoms with E-state index in [1.165, 1.54) is 18.5 Å². The molecule has 3 heterocycles. The van der Waals surface area contributed by atoms with Gasteiger partial charge in [-0.1, -0.05) is 6.07 Å². The standard InChI is InChI=1S/C21H21N3O3/c1-13-17-11-15(23-8-2-3-9-23)5-6-16(17)20(25)24(13)12-14-4-7-18-19(10-14)27-21(26)22-18/h4-7,10-11,13H,2-3,8-9,12H2,1H3,(H,22,26). The predicted octanol–water partition coefficient (Wildman–Crippen LogP) is 3.44. The Bertz CT molecular complexity index is 1090. The highest BCUT2D eigenvalue weighted by molar-refractivity contribution is 5.99. The minimum atomic E-state index is -0.463. The van der Waals surface area contributed by atoms with Gasteiger partial charge in [0.05, 0.1) is 11.6 Å². The zero-order chi connectivity index (χ0) is 18.5. The van der Waals surface area contributed by atoms with E-state index in [2.05, 4.69) is 28.9 Å². The van der Waals surface area contributed by atoms with Crippen LogP contribution in [0.3, 0.4) is 0 Å². The first-order chi connectivity index (χ1) is 13.1. The molecule has 27 heavy (non-hydrogen) atoms. The Morgan fingerprint density at radius 3 is 2.74 bits per heavy atom. The van der Waals surface area contributed by atoms with Crippen LogP contribution >= 0.6 is 0 Å². The van der Waals surface area contributed by atoms with Crippen molar-refractivity contribution in [3.63, 3.8) is 0 Å². The summed E-state index contributed by atoms with van der Waals surface area (Å²) in [4.78, 5) is 31.2. The van der Waals surface area contributed by atoms with Crippen molar-refractivity contribution in [3.8, 4) is 0 Å². The Morgan fingerprint density at radius 2 is 1.93 bits per heavy atom. The van der Waals surface area contributed by atoms with Gasteiger partial charge in [0.1, 0.15) is 0 Å². The topological polar surface area (TPSA) is 69.6 Å². The van der Waals surface area contributed by atoms with Gasteiger partial charge < -0.3 is 14.2 Å². The summed E-state index contributed by atoms with van der Waals surface area (Å²) in [5.74, 6) is -0.407. The van der Waals surface area contributed by atoms with Crippen molar-refractivity contribution in [1.82, 2.24) is 9.88 Å². The number of carbonyl (C=O) groups excluding carboxylic acids is 1. The number of H-pyrrole nitrogens is 1. The number of carbonyl (C=O) groups is 1. The highest BCUT2D eigenvalue weighted by Gasteiger charge is 2.34. The first kappa shape index (κ1) is 16.2. The maximum absolute atomic E-state index is 12.9. The fourth-order valence-corrected chi connectivity index (χ4v) is 4.25. The molecule has 1 amide bonds. The van der Waals surface area contributed by atoms with Gasteiger partial charge in [-0.25, -0.2) is 4.79 Å². The predicted molar refractivity (Wildman–Crippen MR) is 103 cm³/mol. The van der Waals surface area contributed by atoms with Gasteiger partial charge in [0.2, 0.25) is 0 Å². The first-order valence-electron chi connectivity index (χ1n) is 9.42. The van der Waals surface area contributed by atoms with Gasteiger partial charge in [0.25, 0.3) is 5.91 Å². The fraction of sp³-hybridized carbons (Fsp3) is 0.333. The Morgan fingerprint density at radius 1 is 1.11 bits per heavy atom. The van der Waals surface area contributed by atoms with E-state index in [0.29, 0.717) is 17.6 Å². The molecule has 1 atom stereocenters. The quantitative estimate of drug-likeness (QED) is 0.774. The molecule has 6 heteroatoms. The SMILES string of the molecule is CC1c2cc(N3CCCC3)ccc2C(=O)N1Cc1ccc2[nH]c(=O)oc2c1. The number of benzene rings is 2. The zero-order valence-electron chi connectivity index (χ0n) is 15.2. The number of oxazole rings is 1. The molecule has 0 bridgehead atoms. The summed E-state index contributed by atoms with van der Waals surface area (Å²) in [7, 11) is 0. The fourth-order valence-electron chi connectivity index (χ4n) is 4.25. The van der Waals surface area contributed by atoms with Gasteiger partial charge in [-0.2, -0.15) is 0 Å². The molecule has 0 spiro atoms. The summed E-state index contributed by atoms with van der Waals surface area (Å²) in [5.41, 5.74) is 5.23. The molecule has 0 saturated carbocycles. The molecular formula is C21H21N3O3.